The zero-order valence-electron chi connectivity index (χ0n) is 9.43. The molecule has 3 nitrogen and oxygen atoms in total. The molecule has 0 saturated carbocycles. The number of aromatic nitrogens is 1. The van der Waals surface area contributed by atoms with Gasteiger partial charge in [0.25, 0.3) is 0 Å². The average Bonchev–Trinajstić information content (AvgIpc) is 2.69. The monoisotopic (exact) mass is 236 g/mol. The molecule has 1 unspecified atom stereocenters. The molecule has 16 heavy (non-hydrogen) atoms. The van der Waals surface area contributed by atoms with E-state index in [0.29, 0.717) is 5.75 Å². The number of pyridine rings is 1. The summed E-state index contributed by atoms with van der Waals surface area (Å²) in [5, 5.41) is 0.174. The molecule has 0 aromatic carbocycles. The summed E-state index contributed by atoms with van der Waals surface area (Å²) >= 11 is 1.70. The first-order valence-corrected chi connectivity index (χ1v) is 6.69. The van der Waals surface area contributed by atoms with Gasteiger partial charge in [0.05, 0.1) is 5.75 Å². The minimum Gasteiger partial charge on any atom is -0.326 e. The predicted molar refractivity (Wildman–Crippen MR) is 66.1 cm³/mol. The summed E-state index contributed by atoms with van der Waals surface area (Å²) in [4.78, 5) is 17.8. The zero-order valence-corrected chi connectivity index (χ0v) is 10.2. The minimum absolute atomic E-state index is 0.174. The Morgan fingerprint density at radius 2 is 2.50 bits per heavy atom. The third-order valence-corrected chi connectivity index (χ3v) is 3.95. The Morgan fingerprint density at radius 3 is 3.19 bits per heavy atom. The highest BCUT2D eigenvalue weighted by atomic mass is 32.2. The molecule has 1 amide bonds. The van der Waals surface area contributed by atoms with Gasteiger partial charge in [-0.25, -0.2) is 0 Å². The maximum atomic E-state index is 11.7. The molecular weight excluding hydrogens is 220 g/mol. The van der Waals surface area contributed by atoms with Gasteiger partial charge in [-0.2, -0.15) is 0 Å². The molecule has 4 heteroatoms. The number of amides is 1. The number of hydrogen-bond donors (Lipinski definition) is 0. The topological polar surface area (TPSA) is 33.2 Å². The molecule has 1 aliphatic heterocycles. The number of hydrogen-bond acceptors (Lipinski definition) is 3. The average molecular weight is 236 g/mol. The van der Waals surface area contributed by atoms with Crippen LogP contribution in [0.3, 0.4) is 0 Å². The third-order valence-electron chi connectivity index (χ3n) is 2.69. The number of carbonyl (C=O) groups is 1. The van der Waals surface area contributed by atoms with Crippen molar-refractivity contribution < 1.29 is 4.79 Å². The SMILES string of the molecule is CCCCN1C(=O)CSC1c1cccnc1. The van der Waals surface area contributed by atoms with Crippen molar-refractivity contribution in [2.75, 3.05) is 12.3 Å². The summed E-state index contributed by atoms with van der Waals surface area (Å²) in [5.41, 5.74) is 1.13. The van der Waals surface area contributed by atoms with E-state index < -0.39 is 0 Å². The van der Waals surface area contributed by atoms with Crippen molar-refractivity contribution in [1.82, 2.24) is 9.88 Å². The van der Waals surface area contributed by atoms with Crippen LogP contribution in [0.5, 0.6) is 0 Å². The molecule has 0 radical (unpaired) electrons. The largest absolute Gasteiger partial charge is 0.326 e. The Balaban J connectivity index is 2.11. The molecule has 1 aromatic heterocycles. The van der Waals surface area contributed by atoms with Crippen LogP contribution >= 0.6 is 11.8 Å². The van der Waals surface area contributed by atoms with E-state index in [-0.39, 0.29) is 11.3 Å². The minimum atomic E-state index is 0.174. The fourth-order valence-electron chi connectivity index (χ4n) is 1.82. The molecule has 1 saturated heterocycles. The Labute approximate surface area is 100 Å². The molecule has 2 heterocycles. The summed E-state index contributed by atoms with van der Waals surface area (Å²) in [7, 11) is 0. The first kappa shape index (κ1) is 11.5. The smallest absolute Gasteiger partial charge is 0.233 e. The van der Waals surface area contributed by atoms with Crippen molar-refractivity contribution in [3.8, 4) is 0 Å². The molecular formula is C12H16N2OS. The van der Waals surface area contributed by atoms with Crippen molar-refractivity contribution in [2.45, 2.75) is 25.1 Å². The van der Waals surface area contributed by atoms with Gasteiger partial charge in [0.15, 0.2) is 0 Å². The fraction of sp³-hybridized carbons (Fsp3) is 0.500. The van der Waals surface area contributed by atoms with E-state index >= 15 is 0 Å². The number of carbonyl (C=O) groups excluding carboxylic acids is 1. The highest BCUT2D eigenvalue weighted by Gasteiger charge is 2.32. The van der Waals surface area contributed by atoms with Gasteiger partial charge in [-0.05, 0) is 12.5 Å². The van der Waals surface area contributed by atoms with Crippen LogP contribution in [0.2, 0.25) is 0 Å². The Hall–Kier alpha value is -1.03. The van der Waals surface area contributed by atoms with Crippen LogP contribution in [0, 0.1) is 0 Å². The molecule has 86 valence electrons. The van der Waals surface area contributed by atoms with E-state index in [4.69, 9.17) is 0 Å². The quantitative estimate of drug-likeness (QED) is 0.805. The second-order valence-corrected chi connectivity index (χ2v) is 4.96. The summed E-state index contributed by atoms with van der Waals surface area (Å²) < 4.78 is 0. The number of thioether (sulfide) groups is 1. The highest BCUT2D eigenvalue weighted by molar-refractivity contribution is 8.00. The Kier molecular flexibility index (Phi) is 3.83. The lowest BCUT2D eigenvalue weighted by atomic mass is 10.2. The number of unbranched alkanes of at least 4 members (excludes halogenated alkanes) is 1. The number of rotatable bonds is 4. The van der Waals surface area contributed by atoms with Gasteiger partial charge in [-0.15, -0.1) is 11.8 Å². The Bertz CT molecular complexity index is 355. The van der Waals surface area contributed by atoms with Gasteiger partial charge in [-0.3, -0.25) is 9.78 Å². The summed E-state index contributed by atoms with van der Waals surface area (Å²) in [6.45, 7) is 3.01. The summed E-state index contributed by atoms with van der Waals surface area (Å²) in [6, 6.07) is 3.97. The Morgan fingerprint density at radius 1 is 1.62 bits per heavy atom. The van der Waals surface area contributed by atoms with Crippen LogP contribution in [-0.2, 0) is 4.79 Å². The van der Waals surface area contributed by atoms with Crippen molar-refractivity contribution in [1.29, 1.82) is 0 Å². The fourth-order valence-corrected chi connectivity index (χ4v) is 3.02. The van der Waals surface area contributed by atoms with Crippen LogP contribution in [0.4, 0.5) is 0 Å². The number of nitrogens with zero attached hydrogens (tertiary/aromatic N) is 2. The van der Waals surface area contributed by atoms with Crippen LogP contribution in [-0.4, -0.2) is 28.1 Å². The molecule has 0 bridgehead atoms. The van der Waals surface area contributed by atoms with Gasteiger partial charge in [-0.1, -0.05) is 19.4 Å². The zero-order chi connectivity index (χ0) is 11.4. The van der Waals surface area contributed by atoms with Crippen LogP contribution in [0.25, 0.3) is 0 Å². The first-order valence-electron chi connectivity index (χ1n) is 5.64. The van der Waals surface area contributed by atoms with E-state index in [1.807, 2.05) is 23.2 Å². The molecule has 0 aliphatic carbocycles. The molecule has 1 fully saturated rings. The van der Waals surface area contributed by atoms with Gasteiger partial charge in [0, 0.05) is 24.5 Å². The van der Waals surface area contributed by atoms with Gasteiger partial charge in [0.2, 0.25) is 5.91 Å². The lowest BCUT2D eigenvalue weighted by Crippen LogP contribution is -2.29. The molecule has 1 aromatic rings. The molecule has 2 rings (SSSR count). The van der Waals surface area contributed by atoms with Gasteiger partial charge < -0.3 is 4.90 Å². The van der Waals surface area contributed by atoms with E-state index in [9.17, 15) is 4.79 Å². The summed E-state index contributed by atoms with van der Waals surface area (Å²) in [6.07, 6.45) is 5.81. The van der Waals surface area contributed by atoms with Crippen LogP contribution in [0.15, 0.2) is 24.5 Å². The maximum absolute atomic E-state index is 11.7. The van der Waals surface area contributed by atoms with Crippen molar-refractivity contribution in [3.05, 3.63) is 30.1 Å². The van der Waals surface area contributed by atoms with E-state index in [1.54, 1.807) is 18.0 Å². The standard InChI is InChI=1S/C12H16N2OS/c1-2-3-7-14-11(15)9-16-12(14)10-5-4-6-13-8-10/h4-6,8,12H,2-3,7,9H2,1H3. The molecule has 0 N–H and O–H groups in total. The third kappa shape index (κ3) is 2.38. The van der Waals surface area contributed by atoms with Gasteiger partial charge in [0.1, 0.15) is 5.37 Å². The second-order valence-electron chi connectivity index (χ2n) is 3.89. The lowest BCUT2D eigenvalue weighted by Gasteiger charge is -2.23. The highest BCUT2D eigenvalue weighted by Crippen LogP contribution is 2.38. The lowest BCUT2D eigenvalue weighted by molar-refractivity contribution is -0.128. The van der Waals surface area contributed by atoms with E-state index in [2.05, 4.69) is 11.9 Å². The molecule has 1 atom stereocenters. The van der Waals surface area contributed by atoms with Crippen LogP contribution < -0.4 is 0 Å². The van der Waals surface area contributed by atoms with E-state index in [1.165, 1.54) is 0 Å². The van der Waals surface area contributed by atoms with E-state index in [0.717, 1.165) is 24.9 Å². The maximum Gasteiger partial charge on any atom is 0.233 e. The molecule has 0 spiro atoms. The summed E-state index contributed by atoms with van der Waals surface area (Å²) in [5.74, 6) is 0.857. The van der Waals surface area contributed by atoms with Crippen molar-refractivity contribution in [3.63, 3.8) is 0 Å². The van der Waals surface area contributed by atoms with Crippen LogP contribution in [0.1, 0.15) is 30.7 Å². The predicted octanol–water partition coefficient (Wildman–Crippen LogP) is 2.46. The van der Waals surface area contributed by atoms with Crippen molar-refractivity contribution >= 4 is 17.7 Å². The van der Waals surface area contributed by atoms with Crippen molar-refractivity contribution in [2.24, 2.45) is 0 Å². The molecule has 1 aliphatic rings. The normalized spacial score (nSPS) is 20.4. The van der Waals surface area contributed by atoms with Gasteiger partial charge >= 0.3 is 0 Å². The first-order chi connectivity index (χ1) is 7.83. The second kappa shape index (κ2) is 5.34.